The molecule has 0 aliphatic carbocycles. The van der Waals surface area contributed by atoms with Crippen molar-refractivity contribution in [1.82, 2.24) is 4.72 Å². The summed E-state index contributed by atoms with van der Waals surface area (Å²) < 4.78 is 38.4. The molecule has 0 aliphatic heterocycles. The molecule has 0 saturated carbocycles. The summed E-state index contributed by atoms with van der Waals surface area (Å²) in [5.41, 5.74) is 0.234. The molecular formula is C20H25ClN2O5S. The van der Waals surface area contributed by atoms with Gasteiger partial charge in [0.25, 0.3) is 5.91 Å². The van der Waals surface area contributed by atoms with E-state index in [0.717, 1.165) is 0 Å². The first kappa shape index (κ1) is 23.0. The molecule has 29 heavy (non-hydrogen) atoms. The van der Waals surface area contributed by atoms with Crippen molar-refractivity contribution in [2.75, 3.05) is 12.4 Å². The molecular weight excluding hydrogens is 416 g/mol. The van der Waals surface area contributed by atoms with Gasteiger partial charge in [-0.25, -0.2) is 13.1 Å². The van der Waals surface area contributed by atoms with Gasteiger partial charge in [-0.3, -0.25) is 4.79 Å². The Morgan fingerprint density at radius 1 is 1.17 bits per heavy atom. The third-order valence-corrected chi connectivity index (χ3v) is 5.76. The van der Waals surface area contributed by atoms with E-state index in [1.807, 2.05) is 0 Å². The number of hydrogen-bond donors (Lipinski definition) is 2. The van der Waals surface area contributed by atoms with Crippen molar-refractivity contribution in [3.05, 3.63) is 47.5 Å². The van der Waals surface area contributed by atoms with Crippen molar-refractivity contribution < 1.29 is 22.7 Å². The van der Waals surface area contributed by atoms with Crippen LogP contribution < -0.4 is 19.5 Å². The molecule has 0 aromatic heterocycles. The molecule has 1 amide bonds. The Hall–Kier alpha value is -2.29. The number of carbonyl (C=O) groups excluding carboxylic acids is 1. The van der Waals surface area contributed by atoms with Gasteiger partial charge in [0.2, 0.25) is 10.0 Å². The summed E-state index contributed by atoms with van der Waals surface area (Å²) in [6.07, 6.45) is -0.402. The minimum Gasteiger partial charge on any atom is -0.495 e. The average molecular weight is 441 g/mol. The normalized spacial score (nSPS) is 12.5. The predicted molar refractivity (Wildman–Crippen MR) is 113 cm³/mol. The van der Waals surface area contributed by atoms with Gasteiger partial charge in [-0.15, -0.1) is 0 Å². The predicted octanol–water partition coefficient (Wildman–Crippen LogP) is 3.83. The van der Waals surface area contributed by atoms with Gasteiger partial charge in [0.15, 0.2) is 6.10 Å². The molecule has 0 spiro atoms. The molecule has 2 rings (SSSR count). The highest BCUT2D eigenvalue weighted by molar-refractivity contribution is 7.89. The van der Waals surface area contributed by atoms with E-state index in [2.05, 4.69) is 10.0 Å². The molecule has 0 fully saturated rings. The Kier molecular flexibility index (Phi) is 7.89. The summed E-state index contributed by atoms with van der Waals surface area (Å²) in [5, 5.41) is 3.19. The second-order valence-electron chi connectivity index (χ2n) is 6.60. The third-order valence-electron chi connectivity index (χ3n) is 3.87. The summed E-state index contributed by atoms with van der Waals surface area (Å²) in [6, 6.07) is 10.7. The number of amides is 1. The van der Waals surface area contributed by atoms with E-state index >= 15 is 0 Å². The smallest absolute Gasteiger partial charge is 0.265 e. The number of anilines is 1. The van der Waals surface area contributed by atoms with Crippen LogP contribution in [-0.2, 0) is 14.8 Å². The number of carbonyl (C=O) groups is 1. The average Bonchev–Trinajstić information content (AvgIpc) is 2.65. The van der Waals surface area contributed by atoms with Crippen molar-refractivity contribution in [1.29, 1.82) is 0 Å². The molecule has 0 aliphatic rings. The van der Waals surface area contributed by atoms with Gasteiger partial charge in [0, 0.05) is 11.1 Å². The highest BCUT2D eigenvalue weighted by Gasteiger charge is 2.22. The molecule has 0 radical (unpaired) electrons. The van der Waals surface area contributed by atoms with Gasteiger partial charge in [-0.05, 0) is 56.7 Å². The first-order chi connectivity index (χ1) is 13.7. The second kappa shape index (κ2) is 9.96. The van der Waals surface area contributed by atoms with E-state index in [1.165, 1.54) is 25.3 Å². The molecule has 1 atom stereocenters. The van der Waals surface area contributed by atoms with Gasteiger partial charge in [-0.1, -0.05) is 24.6 Å². The molecule has 0 bridgehead atoms. The van der Waals surface area contributed by atoms with Gasteiger partial charge in [0.1, 0.15) is 11.5 Å². The summed E-state index contributed by atoms with van der Waals surface area (Å²) in [6.45, 7) is 5.25. The van der Waals surface area contributed by atoms with Crippen molar-refractivity contribution in [2.24, 2.45) is 0 Å². The Bertz CT molecular complexity index is 963. The zero-order valence-electron chi connectivity index (χ0n) is 16.7. The Balaban J connectivity index is 2.26. The Morgan fingerprint density at radius 3 is 2.48 bits per heavy atom. The number of nitrogens with one attached hydrogen (secondary N) is 2. The largest absolute Gasteiger partial charge is 0.495 e. The molecule has 0 unspecified atom stereocenters. The first-order valence-corrected chi connectivity index (χ1v) is 11.0. The molecule has 2 aromatic rings. The number of benzene rings is 2. The molecule has 2 N–H and O–H groups in total. The molecule has 7 nitrogen and oxygen atoms in total. The van der Waals surface area contributed by atoms with E-state index < -0.39 is 22.0 Å². The topological polar surface area (TPSA) is 93.7 Å². The molecule has 0 heterocycles. The highest BCUT2D eigenvalue weighted by atomic mass is 35.5. The van der Waals surface area contributed by atoms with Gasteiger partial charge in [-0.2, -0.15) is 0 Å². The highest BCUT2D eigenvalue weighted by Crippen LogP contribution is 2.28. The van der Waals surface area contributed by atoms with Crippen LogP contribution in [0.1, 0.15) is 27.2 Å². The zero-order chi connectivity index (χ0) is 21.6. The molecule has 2 aromatic carbocycles. The van der Waals surface area contributed by atoms with Crippen LogP contribution in [0.2, 0.25) is 5.02 Å². The van der Waals surface area contributed by atoms with Crippen molar-refractivity contribution in [3.8, 4) is 11.5 Å². The maximum absolute atomic E-state index is 12.8. The van der Waals surface area contributed by atoms with Crippen LogP contribution in [0.25, 0.3) is 0 Å². The first-order valence-electron chi connectivity index (χ1n) is 9.09. The number of halogens is 1. The summed E-state index contributed by atoms with van der Waals surface area (Å²) in [7, 11) is -2.29. The van der Waals surface area contributed by atoms with Crippen LogP contribution in [0.4, 0.5) is 5.69 Å². The minimum atomic E-state index is -3.72. The number of sulfonamides is 1. The van der Waals surface area contributed by atoms with Crippen LogP contribution in [0, 0.1) is 0 Å². The molecule has 0 saturated heterocycles. The van der Waals surface area contributed by atoms with Gasteiger partial charge < -0.3 is 14.8 Å². The van der Waals surface area contributed by atoms with Crippen LogP contribution in [0.15, 0.2) is 47.4 Å². The van der Waals surface area contributed by atoms with Crippen molar-refractivity contribution in [2.45, 2.75) is 44.2 Å². The van der Waals surface area contributed by atoms with Crippen LogP contribution in [0.3, 0.4) is 0 Å². The SMILES string of the molecule is CC[C@@H](Oc1cccc(Cl)c1)C(=O)Nc1cc(S(=O)(=O)NC(C)C)ccc1OC. The van der Waals surface area contributed by atoms with Gasteiger partial charge >= 0.3 is 0 Å². The fourth-order valence-electron chi connectivity index (χ4n) is 2.57. The fraction of sp³-hybridized carbons (Fsp3) is 0.350. The maximum Gasteiger partial charge on any atom is 0.265 e. The number of rotatable bonds is 9. The Morgan fingerprint density at radius 2 is 1.90 bits per heavy atom. The fourth-order valence-corrected chi connectivity index (χ4v) is 4.03. The zero-order valence-corrected chi connectivity index (χ0v) is 18.3. The maximum atomic E-state index is 12.8. The molecule has 158 valence electrons. The number of hydrogen-bond acceptors (Lipinski definition) is 5. The van der Waals surface area contributed by atoms with E-state index in [4.69, 9.17) is 21.1 Å². The van der Waals surface area contributed by atoms with E-state index in [-0.39, 0.29) is 16.6 Å². The van der Waals surface area contributed by atoms with Crippen LogP contribution >= 0.6 is 11.6 Å². The van der Waals surface area contributed by atoms with Gasteiger partial charge in [0.05, 0.1) is 17.7 Å². The van der Waals surface area contributed by atoms with E-state index in [1.54, 1.807) is 45.0 Å². The minimum absolute atomic E-state index is 0.0195. The van der Waals surface area contributed by atoms with E-state index in [9.17, 15) is 13.2 Å². The molecule has 9 heteroatoms. The monoisotopic (exact) mass is 440 g/mol. The lowest BCUT2D eigenvalue weighted by molar-refractivity contribution is -0.122. The summed E-state index contributed by atoms with van der Waals surface area (Å²) >= 11 is 5.96. The summed E-state index contributed by atoms with van der Waals surface area (Å²) in [4.78, 5) is 12.8. The van der Waals surface area contributed by atoms with E-state index in [0.29, 0.717) is 22.9 Å². The number of methoxy groups -OCH3 is 1. The van der Waals surface area contributed by atoms with Crippen molar-refractivity contribution >= 4 is 33.2 Å². The Labute approximate surface area is 176 Å². The lowest BCUT2D eigenvalue weighted by atomic mass is 10.2. The third kappa shape index (κ3) is 6.35. The lowest BCUT2D eigenvalue weighted by Crippen LogP contribution is -2.33. The number of ether oxygens (including phenoxy) is 2. The quantitative estimate of drug-likeness (QED) is 0.618. The standard InChI is InChI=1S/C20H25ClN2O5S/c1-5-18(28-15-8-6-7-14(21)11-15)20(24)22-17-12-16(9-10-19(17)27-4)29(25,26)23-13(2)3/h6-13,18,23H,5H2,1-4H3,(H,22,24)/t18-/m1/s1. The second-order valence-corrected chi connectivity index (χ2v) is 8.75. The lowest BCUT2D eigenvalue weighted by Gasteiger charge is -2.19. The summed E-state index contributed by atoms with van der Waals surface area (Å²) in [5.74, 6) is 0.362. The van der Waals surface area contributed by atoms with Crippen LogP contribution in [-0.4, -0.2) is 33.6 Å². The van der Waals surface area contributed by atoms with Crippen LogP contribution in [0.5, 0.6) is 11.5 Å². The van der Waals surface area contributed by atoms with Crippen molar-refractivity contribution in [3.63, 3.8) is 0 Å².